The average Bonchev–Trinajstić information content (AvgIpc) is 3.26. The number of thiophene rings is 1. The first kappa shape index (κ1) is 14.1. The Morgan fingerprint density at radius 3 is 2.91 bits per heavy atom. The summed E-state index contributed by atoms with van der Waals surface area (Å²) in [5, 5.41) is 15.3. The van der Waals surface area contributed by atoms with Crippen molar-refractivity contribution in [2.24, 2.45) is 0 Å². The molecule has 3 aromatic heterocycles. The molecule has 4 heterocycles. The summed E-state index contributed by atoms with van der Waals surface area (Å²) in [6.07, 6.45) is 0. The predicted octanol–water partition coefficient (Wildman–Crippen LogP) is 2.00. The van der Waals surface area contributed by atoms with Crippen LogP contribution in [-0.4, -0.2) is 42.3 Å². The molecule has 0 fully saturated rings. The van der Waals surface area contributed by atoms with E-state index in [-0.39, 0.29) is 5.91 Å². The molecule has 0 radical (unpaired) electrons. The smallest absolute Gasteiger partial charge is 0.274 e. The van der Waals surface area contributed by atoms with Gasteiger partial charge in [-0.3, -0.25) is 9.89 Å². The van der Waals surface area contributed by atoms with Gasteiger partial charge in [0, 0.05) is 18.0 Å². The second-order valence-electron chi connectivity index (χ2n) is 5.62. The van der Waals surface area contributed by atoms with Gasteiger partial charge in [-0.15, -0.1) is 21.5 Å². The summed E-state index contributed by atoms with van der Waals surface area (Å²) >= 11 is 1.68. The van der Waals surface area contributed by atoms with Gasteiger partial charge in [-0.25, -0.2) is 0 Å². The lowest BCUT2D eigenvalue weighted by molar-refractivity contribution is 0.0700. The number of aromatic amines is 1. The highest BCUT2D eigenvalue weighted by Crippen LogP contribution is 2.26. The maximum absolute atomic E-state index is 12.7. The highest BCUT2D eigenvalue weighted by molar-refractivity contribution is 7.15. The molecule has 7 nitrogen and oxygen atoms in total. The number of aromatic nitrogens is 5. The van der Waals surface area contributed by atoms with Gasteiger partial charge in [0.15, 0.2) is 11.5 Å². The van der Waals surface area contributed by atoms with E-state index in [1.54, 1.807) is 16.2 Å². The number of nitrogens with zero attached hydrogens (tertiary/aromatic N) is 5. The third-order valence-electron chi connectivity index (χ3n) is 4.03. The van der Waals surface area contributed by atoms with E-state index in [1.165, 1.54) is 4.88 Å². The molecule has 0 bridgehead atoms. The minimum atomic E-state index is -0.0762. The van der Waals surface area contributed by atoms with Crippen LogP contribution in [0.15, 0.2) is 18.2 Å². The van der Waals surface area contributed by atoms with Crippen LogP contribution in [0.2, 0.25) is 0 Å². The van der Waals surface area contributed by atoms with Crippen LogP contribution in [0.3, 0.4) is 0 Å². The fourth-order valence-electron chi connectivity index (χ4n) is 2.78. The van der Waals surface area contributed by atoms with Gasteiger partial charge in [0.2, 0.25) is 0 Å². The molecule has 4 rings (SSSR count). The van der Waals surface area contributed by atoms with E-state index >= 15 is 0 Å². The molecule has 0 aromatic carbocycles. The first-order valence-electron chi connectivity index (χ1n) is 7.42. The number of amides is 1. The topological polar surface area (TPSA) is 79.7 Å². The summed E-state index contributed by atoms with van der Waals surface area (Å²) in [5.74, 6) is 1.64. The summed E-state index contributed by atoms with van der Waals surface area (Å²) in [6, 6.07) is 5.91. The van der Waals surface area contributed by atoms with Crippen LogP contribution >= 0.6 is 11.3 Å². The SMILES string of the molecule is Cc1ccc(-c2cc(C(=O)N3CCn4c(C)nnc4C3)n[nH]2)s1. The number of fused-ring (bicyclic) bond motifs is 1. The largest absolute Gasteiger partial charge is 0.328 e. The fourth-order valence-corrected chi connectivity index (χ4v) is 3.61. The predicted molar refractivity (Wildman–Crippen MR) is 86.1 cm³/mol. The zero-order chi connectivity index (χ0) is 16.0. The van der Waals surface area contributed by atoms with E-state index in [1.807, 2.05) is 23.6 Å². The van der Waals surface area contributed by atoms with E-state index in [4.69, 9.17) is 0 Å². The monoisotopic (exact) mass is 328 g/mol. The van der Waals surface area contributed by atoms with E-state index in [2.05, 4.69) is 33.4 Å². The molecule has 3 aromatic rings. The Kier molecular flexibility index (Phi) is 3.26. The number of aryl methyl sites for hydroxylation is 2. The van der Waals surface area contributed by atoms with Gasteiger partial charge in [-0.05, 0) is 32.0 Å². The van der Waals surface area contributed by atoms with E-state index in [0.29, 0.717) is 18.8 Å². The Labute approximate surface area is 137 Å². The lowest BCUT2D eigenvalue weighted by atomic mass is 10.2. The van der Waals surface area contributed by atoms with Crippen molar-refractivity contribution in [1.82, 2.24) is 29.9 Å². The Morgan fingerprint density at radius 2 is 2.13 bits per heavy atom. The number of carbonyl (C=O) groups is 1. The Morgan fingerprint density at radius 1 is 1.26 bits per heavy atom. The van der Waals surface area contributed by atoms with Crippen LogP contribution in [0.1, 0.15) is 27.0 Å². The van der Waals surface area contributed by atoms with Gasteiger partial charge in [0.05, 0.1) is 17.1 Å². The van der Waals surface area contributed by atoms with Gasteiger partial charge in [0.25, 0.3) is 5.91 Å². The van der Waals surface area contributed by atoms with Crippen molar-refractivity contribution >= 4 is 17.2 Å². The van der Waals surface area contributed by atoms with Gasteiger partial charge < -0.3 is 9.47 Å². The first-order valence-corrected chi connectivity index (χ1v) is 8.23. The quantitative estimate of drug-likeness (QED) is 0.780. The van der Waals surface area contributed by atoms with Crippen molar-refractivity contribution in [2.75, 3.05) is 6.54 Å². The van der Waals surface area contributed by atoms with Crippen LogP contribution in [0.25, 0.3) is 10.6 Å². The standard InChI is InChI=1S/C15H16N6OS/c1-9-3-4-13(23-9)11-7-12(18-17-11)15(22)20-5-6-21-10(2)16-19-14(21)8-20/h3-4,7H,5-6,8H2,1-2H3,(H,17,18). The number of hydrogen-bond donors (Lipinski definition) is 1. The van der Waals surface area contributed by atoms with Gasteiger partial charge >= 0.3 is 0 Å². The molecule has 0 aliphatic carbocycles. The van der Waals surface area contributed by atoms with Gasteiger partial charge in [-0.1, -0.05) is 0 Å². The van der Waals surface area contributed by atoms with Crippen LogP contribution in [0.4, 0.5) is 0 Å². The summed E-state index contributed by atoms with van der Waals surface area (Å²) in [4.78, 5) is 16.7. The number of carbonyl (C=O) groups excluding carboxylic acids is 1. The number of hydrogen-bond acceptors (Lipinski definition) is 5. The molecular weight excluding hydrogens is 312 g/mol. The molecule has 0 saturated carbocycles. The molecule has 1 aliphatic heterocycles. The molecule has 1 N–H and O–H groups in total. The summed E-state index contributed by atoms with van der Waals surface area (Å²) < 4.78 is 2.05. The molecule has 0 atom stereocenters. The van der Waals surface area contributed by atoms with Gasteiger partial charge in [0.1, 0.15) is 5.82 Å². The highest BCUT2D eigenvalue weighted by Gasteiger charge is 2.25. The molecule has 0 unspecified atom stereocenters. The summed E-state index contributed by atoms with van der Waals surface area (Å²) in [6.45, 7) is 5.83. The highest BCUT2D eigenvalue weighted by atomic mass is 32.1. The van der Waals surface area contributed by atoms with Crippen LogP contribution in [-0.2, 0) is 13.1 Å². The first-order chi connectivity index (χ1) is 11.1. The second-order valence-corrected chi connectivity index (χ2v) is 6.91. The van der Waals surface area contributed by atoms with Crippen molar-refractivity contribution in [2.45, 2.75) is 26.9 Å². The van der Waals surface area contributed by atoms with E-state index < -0.39 is 0 Å². The maximum atomic E-state index is 12.7. The number of nitrogens with one attached hydrogen (secondary N) is 1. The fraction of sp³-hybridized carbons (Fsp3) is 0.333. The molecule has 118 valence electrons. The molecule has 1 amide bonds. The Bertz CT molecular complexity index is 876. The van der Waals surface area contributed by atoms with Crippen molar-refractivity contribution in [3.05, 3.63) is 40.4 Å². The van der Waals surface area contributed by atoms with Crippen LogP contribution < -0.4 is 0 Å². The lowest BCUT2D eigenvalue weighted by Crippen LogP contribution is -2.38. The molecule has 0 saturated heterocycles. The number of rotatable bonds is 2. The number of H-pyrrole nitrogens is 1. The average molecular weight is 328 g/mol. The Hall–Kier alpha value is -2.48. The van der Waals surface area contributed by atoms with Crippen molar-refractivity contribution in [3.63, 3.8) is 0 Å². The summed E-state index contributed by atoms with van der Waals surface area (Å²) in [5.41, 5.74) is 1.32. The molecule has 1 aliphatic rings. The minimum Gasteiger partial charge on any atom is -0.328 e. The third-order valence-corrected chi connectivity index (χ3v) is 5.06. The normalized spacial score (nSPS) is 14.1. The second kappa shape index (κ2) is 5.31. The maximum Gasteiger partial charge on any atom is 0.274 e. The lowest BCUT2D eigenvalue weighted by Gasteiger charge is -2.26. The summed E-state index contributed by atoms with van der Waals surface area (Å²) in [7, 11) is 0. The minimum absolute atomic E-state index is 0.0762. The van der Waals surface area contributed by atoms with E-state index in [0.717, 1.165) is 28.8 Å². The molecule has 8 heteroatoms. The van der Waals surface area contributed by atoms with Crippen LogP contribution in [0.5, 0.6) is 0 Å². The Balaban J connectivity index is 1.55. The van der Waals surface area contributed by atoms with Gasteiger partial charge in [-0.2, -0.15) is 5.10 Å². The molecule has 23 heavy (non-hydrogen) atoms. The van der Waals surface area contributed by atoms with Crippen LogP contribution in [0, 0.1) is 13.8 Å². The molecule has 0 spiro atoms. The zero-order valence-electron chi connectivity index (χ0n) is 12.9. The third kappa shape index (κ3) is 2.44. The van der Waals surface area contributed by atoms with E-state index in [9.17, 15) is 4.79 Å². The van der Waals surface area contributed by atoms with Crippen molar-refractivity contribution in [1.29, 1.82) is 0 Å². The van der Waals surface area contributed by atoms with Crippen molar-refractivity contribution < 1.29 is 4.79 Å². The van der Waals surface area contributed by atoms with Crippen molar-refractivity contribution in [3.8, 4) is 10.6 Å². The zero-order valence-corrected chi connectivity index (χ0v) is 13.7. The molecular formula is C15H16N6OS.